The van der Waals surface area contributed by atoms with Crippen LogP contribution >= 0.6 is 0 Å². The minimum atomic E-state index is -1.71. The maximum absolute atomic E-state index is 13.1. The van der Waals surface area contributed by atoms with E-state index in [-0.39, 0.29) is 18.0 Å². The number of nitrogens with one attached hydrogen (secondary N) is 2. The van der Waals surface area contributed by atoms with Crippen LogP contribution in [-0.4, -0.2) is 50.4 Å². The number of benzene rings is 1. The van der Waals surface area contributed by atoms with Crippen LogP contribution in [0.15, 0.2) is 48.9 Å². The average molecular weight is 398 g/mol. The molecule has 2 atom stereocenters. The van der Waals surface area contributed by atoms with Crippen LogP contribution < -0.4 is 10.6 Å². The van der Waals surface area contributed by atoms with Gasteiger partial charge in [0.25, 0.3) is 5.91 Å². The van der Waals surface area contributed by atoms with Crippen molar-refractivity contribution in [1.29, 1.82) is 0 Å². The Hall–Kier alpha value is -2.78. The Morgan fingerprint density at radius 3 is 2.41 bits per heavy atom. The standard InChI is InChI=1S/C20H27BN4O4/c1-14(2)11-17(21(28)29)24-19(27)20(3,12-15-7-5-4-6-8-15)25-18(26)16-13-22-9-10-23-16/h4-10,13-14,17,28-29H,11-12H2,1-3H3,(H,24,27)(H,25,26)/t17-,20+/m0/s1. The summed E-state index contributed by atoms with van der Waals surface area (Å²) in [6.07, 6.45) is 4.75. The first-order chi connectivity index (χ1) is 13.7. The van der Waals surface area contributed by atoms with Crippen LogP contribution in [-0.2, 0) is 11.2 Å². The predicted molar refractivity (Wildman–Crippen MR) is 110 cm³/mol. The van der Waals surface area contributed by atoms with Gasteiger partial charge in [0.1, 0.15) is 11.2 Å². The van der Waals surface area contributed by atoms with Crippen LogP contribution in [0.5, 0.6) is 0 Å². The van der Waals surface area contributed by atoms with E-state index in [4.69, 9.17) is 0 Å². The van der Waals surface area contributed by atoms with Gasteiger partial charge in [0.05, 0.1) is 12.1 Å². The lowest BCUT2D eigenvalue weighted by Gasteiger charge is -2.32. The summed E-state index contributed by atoms with van der Waals surface area (Å²) in [6, 6.07) is 9.26. The zero-order valence-electron chi connectivity index (χ0n) is 16.9. The van der Waals surface area contributed by atoms with E-state index in [1.165, 1.54) is 18.6 Å². The fourth-order valence-electron chi connectivity index (χ4n) is 3.01. The van der Waals surface area contributed by atoms with E-state index in [1.807, 2.05) is 44.2 Å². The Labute approximate surface area is 170 Å². The summed E-state index contributed by atoms with van der Waals surface area (Å²) in [5.74, 6) is -1.78. The Bertz CT molecular complexity index is 805. The Balaban J connectivity index is 2.27. The van der Waals surface area contributed by atoms with Gasteiger partial charge in [-0.25, -0.2) is 4.98 Å². The second kappa shape index (κ2) is 10.1. The summed E-state index contributed by atoms with van der Waals surface area (Å²) >= 11 is 0. The van der Waals surface area contributed by atoms with Crippen LogP contribution in [0.2, 0.25) is 0 Å². The third kappa shape index (κ3) is 6.65. The lowest BCUT2D eigenvalue weighted by Crippen LogP contribution is -2.62. The Morgan fingerprint density at radius 1 is 1.17 bits per heavy atom. The maximum Gasteiger partial charge on any atom is 0.475 e. The number of carbonyl (C=O) groups excluding carboxylic acids is 2. The Kier molecular flexibility index (Phi) is 7.87. The van der Waals surface area contributed by atoms with Crippen molar-refractivity contribution in [3.63, 3.8) is 0 Å². The molecule has 1 heterocycles. The fourth-order valence-corrected chi connectivity index (χ4v) is 3.01. The van der Waals surface area contributed by atoms with E-state index >= 15 is 0 Å². The molecule has 0 bridgehead atoms. The lowest BCUT2D eigenvalue weighted by atomic mass is 9.74. The third-order valence-corrected chi connectivity index (χ3v) is 4.49. The molecule has 8 nitrogen and oxygen atoms in total. The van der Waals surface area contributed by atoms with Gasteiger partial charge in [-0.3, -0.25) is 14.6 Å². The highest BCUT2D eigenvalue weighted by molar-refractivity contribution is 6.43. The average Bonchev–Trinajstić information content (AvgIpc) is 2.68. The van der Waals surface area contributed by atoms with Gasteiger partial charge in [0.2, 0.25) is 5.91 Å². The molecule has 0 saturated heterocycles. The summed E-state index contributed by atoms with van der Waals surface area (Å²) in [6.45, 7) is 5.43. The van der Waals surface area contributed by atoms with Crippen LogP contribution in [0, 0.1) is 5.92 Å². The van der Waals surface area contributed by atoms with Gasteiger partial charge in [-0.05, 0) is 24.8 Å². The summed E-state index contributed by atoms with van der Waals surface area (Å²) in [4.78, 5) is 33.7. The van der Waals surface area contributed by atoms with Crippen molar-refractivity contribution >= 4 is 18.9 Å². The molecule has 2 amide bonds. The quantitative estimate of drug-likeness (QED) is 0.462. The minimum Gasteiger partial charge on any atom is -0.426 e. The molecule has 0 saturated carbocycles. The molecule has 29 heavy (non-hydrogen) atoms. The zero-order chi connectivity index (χ0) is 21.4. The number of hydrogen-bond acceptors (Lipinski definition) is 6. The van der Waals surface area contributed by atoms with Gasteiger partial charge in [0, 0.05) is 18.8 Å². The molecule has 9 heteroatoms. The first kappa shape index (κ1) is 22.5. The molecule has 0 spiro atoms. The molecule has 4 N–H and O–H groups in total. The lowest BCUT2D eigenvalue weighted by molar-refractivity contribution is -0.127. The second-order valence-corrected chi connectivity index (χ2v) is 7.66. The molecular formula is C20H27BN4O4. The molecule has 2 rings (SSSR count). The Morgan fingerprint density at radius 2 is 1.86 bits per heavy atom. The highest BCUT2D eigenvalue weighted by atomic mass is 16.4. The maximum atomic E-state index is 13.1. The highest BCUT2D eigenvalue weighted by Crippen LogP contribution is 2.16. The fraction of sp³-hybridized carbons (Fsp3) is 0.400. The molecule has 0 aliphatic carbocycles. The summed E-state index contributed by atoms with van der Waals surface area (Å²) in [5.41, 5.74) is -0.421. The van der Waals surface area contributed by atoms with Crippen molar-refractivity contribution in [2.75, 3.05) is 0 Å². The van der Waals surface area contributed by atoms with Crippen LogP contribution in [0.25, 0.3) is 0 Å². The van der Waals surface area contributed by atoms with E-state index in [9.17, 15) is 19.6 Å². The number of rotatable bonds is 9. The van der Waals surface area contributed by atoms with Crippen LogP contribution in [0.3, 0.4) is 0 Å². The molecule has 0 fully saturated rings. The number of carbonyl (C=O) groups is 2. The number of hydrogen-bond donors (Lipinski definition) is 4. The molecule has 0 aliphatic heterocycles. The van der Waals surface area contributed by atoms with Crippen molar-refractivity contribution in [2.24, 2.45) is 5.92 Å². The molecule has 1 aromatic heterocycles. The van der Waals surface area contributed by atoms with Gasteiger partial charge < -0.3 is 20.7 Å². The van der Waals surface area contributed by atoms with Crippen molar-refractivity contribution in [3.05, 3.63) is 60.2 Å². The molecule has 0 radical (unpaired) electrons. The van der Waals surface area contributed by atoms with Crippen molar-refractivity contribution in [1.82, 2.24) is 20.6 Å². The van der Waals surface area contributed by atoms with E-state index < -0.39 is 30.4 Å². The number of nitrogens with zero attached hydrogens (tertiary/aromatic N) is 2. The molecular weight excluding hydrogens is 371 g/mol. The molecule has 154 valence electrons. The molecule has 0 unspecified atom stereocenters. The topological polar surface area (TPSA) is 124 Å². The monoisotopic (exact) mass is 398 g/mol. The van der Waals surface area contributed by atoms with E-state index in [2.05, 4.69) is 20.6 Å². The number of aromatic nitrogens is 2. The molecule has 0 aliphatic rings. The second-order valence-electron chi connectivity index (χ2n) is 7.66. The van der Waals surface area contributed by atoms with Crippen LogP contribution in [0.1, 0.15) is 43.2 Å². The smallest absolute Gasteiger partial charge is 0.426 e. The summed E-state index contributed by atoms with van der Waals surface area (Å²) < 4.78 is 0. The van der Waals surface area contributed by atoms with Gasteiger partial charge in [-0.2, -0.15) is 0 Å². The van der Waals surface area contributed by atoms with E-state index in [0.717, 1.165) is 5.56 Å². The largest absolute Gasteiger partial charge is 0.475 e. The zero-order valence-corrected chi connectivity index (χ0v) is 16.9. The van der Waals surface area contributed by atoms with Gasteiger partial charge >= 0.3 is 7.12 Å². The van der Waals surface area contributed by atoms with E-state index in [1.54, 1.807) is 6.92 Å². The summed E-state index contributed by atoms with van der Waals surface area (Å²) in [5, 5.41) is 24.7. The van der Waals surface area contributed by atoms with E-state index in [0.29, 0.717) is 6.42 Å². The molecule has 1 aromatic carbocycles. The SMILES string of the molecule is CC(C)C[C@H](NC(=O)[C@@](C)(Cc1ccccc1)NC(=O)c1cnccn1)B(O)O. The van der Waals surface area contributed by atoms with Gasteiger partial charge in [0.15, 0.2) is 0 Å². The first-order valence-corrected chi connectivity index (χ1v) is 9.51. The normalized spacial score (nSPS) is 14.0. The predicted octanol–water partition coefficient (Wildman–Crippen LogP) is 0.751. The van der Waals surface area contributed by atoms with Crippen LogP contribution in [0.4, 0.5) is 0 Å². The van der Waals surface area contributed by atoms with Crippen molar-refractivity contribution in [3.8, 4) is 0 Å². The molecule has 2 aromatic rings. The highest BCUT2D eigenvalue weighted by Gasteiger charge is 2.38. The van der Waals surface area contributed by atoms with Gasteiger partial charge in [-0.15, -0.1) is 0 Å². The third-order valence-electron chi connectivity index (χ3n) is 4.49. The van der Waals surface area contributed by atoms with Crippen molar-refractivity contribution < 1.29 is 19.6 Å². The van der Waals surface area contributed by atoms with Gasteiger partial charge in [-0.1, -0.05) is 44.2 Å². The summed E-state index contributed by atoms with van der Waals surface area (Å²) in [7, 11) is -1.71. The number of amides is 2. The first-order valence-electron chi connectivity index (χ1n) is 9.51. The minimum absolute atomic E-state index is 0.0838. The van der Waals surface area contributed by atoms with Crippen molar-refractivity contribution in [2.45, 2.75) is 45.1 Å².